The van der Waals surface area contributed by atoms with Crippen molar-refractivity contribution in [3.05, 3.63) is 63.6 Å². The number of nitro benzene ring substituents is 1. The molecule has 7 nitrogen and oxygen atoms in total. The van der Waals surface area contributed by atoms with Crippen LogP contribution >= 0.6 is 0 Å². The highest BCUT2D eigenvalue weighted by molar-refractivity contribution is 5.51. The number of benzene rings is 2. The molecule has 0 saturated heterocycles. The van der Waals surface area contributed by atoms with Crippen LogP contribution in [-0.4, -0.2) is 4.92 Å². The zero-order valence-corrected chi connectivity index (χ0v) is 9.67. The lowest BCUT2D eigenvalue weighted by Crippen LogP contribution is -1.85. The van der Waals surface area contributed by atoms with Gasteiger partial charge in [-0.3, -0.25) is 10.1 Å². The molecule has 0 bridgehead atoms. The van der Waals surface area contributed by atoms with Crippen molar-refractivity contribution in [1.82, 2.24) is 0 Å². The van der Waals surface area contributed by atoms with Crippen molar-refractivity contribution in [2.24, 2.45) is 10.2 Å². The van der Waals surface area contributed by atoms with Crippen molar-refractivity contribution >= 4 is 22.7 Å². The summed E-state index contributed by atoms with van der Waals surface area (Å²) in [5, 5.41) is 26.9. The molecule has 2 aromatic rings. The first-order chi connectivity index (χ1) is 9.19. The minimum Gasteiger partial charge on any atom is -0.258 e. The quantitative estimate of drug-likeness (QED) is 0.349. The van der Waals surface area contributed by atoms with Crippen LogP contribution in [0.15, 0.2) is 58.8 Å². The van der Waals surface area contributed by atoms with Crippen LogP contribution < -0.4 is 0 Å². The Bertz CT molecular complexity index is 656. The summed E-state index contributed by atoms with van der Waals surface area (Å²) in [4.78, 5) is 13.0. The Morgan fingerprint density at radius 2 is 1.42 bits per heavy atom. The van der Waals surface area contributed by atoms with Crippen LogP contribution in [0.3, 0.4) is 0 Å². The van der Waals surface area contributed by atoms with Crippen LogP contribution in [0.4, 0.5) is 22.7 Å². The van der Waals surface area contributed by atoms with Gasteiger partial charge in [0.05, 0.1) is 16.3 Å². The van der Waals surface area contributed by atoms with Gasteiger partial charge in [-0.15, -0.1) is 0 Å². The van der Waals surface area contributed by atoms with E-state index in [-0.39, 0.29) is 5.69 Å². The summed E-state index contributed by atoms with van der Waals surface area (Å²) in [6.45, 7) is 0. The summed E-state index contributed by atoms with van der Waals surface area (Å²) in [5.74, 6) is 0. The number of azo groups is 1. The molecule has 0 fully saturated rings. The molecule has 0 N–H and O–H groups in total. The highest BCUT2D eigenvalue weighted by Gasteiger charge is 2.04. The maximum absolute atomic E-state index is 10.5. The fraction of sp³-hybridized carbons (Fsp3) is 0. The van der Waals surface area contributed by atoms with Crippen LogP contribution in [0.2, 0.25) is 0 Å². The van der Waals surface area contributed by atoms with Crippen LogP contribution in [0.25, 0.3) is 4.98 Å². The second-order valence-electron chi connectivity index (χ2n) is 3.59. The number of hydrogen-bond acceptors (Lipinski definition) is 5. The minimum atomic E-state index is -0.474. The van der Waals surface area contributed by atoms with Gasteiger partial charge in [0.25, 0.3) is 5.69 Å². The fourth-order valence-corrected chi connectivity index (χ4v) is 1.34. The summed E-state index contributed by atoms with van der Waals surface area (Å²) in [7, 11) is 0. The molecule has 2 rings (SSSR count). The third kappa shape index (κ3) is 3.17. The van der Waals surface area contributed by atoms with E-state index in [0.717, 1.165) is 0 Å². The molecule has 0 aliphatic carbocycles. The van der Waals surface area contributed by atoms with Crippen molar-refractivity contribution in [1.29, 1.82) is 5.39 Å². The molecule has 0 aromatic heterocycles. The molecule has 0 amide bonds. The molecule has 7 heteroatoms. The largest absolute Gasteiger partial charge is 0.385 e. The van der Waals surface area contributed by atoms with Gasteiger partial charge in [-0.25, -0.2) is 0 Å². The van der Waals surface area contributed by atoms with Crippen molar-refractivity contribution in [3.63, 3.8) is 0 Å². The van der Waals surface area contributed by atoms with Gasteiger partial charge in [-0.1, -0.05) is 0 Å². The molecule has 19 heavy (non-hydrogen) atoms. The predicted molar refractivity (Wildman–Crippen MR) is 68.5 cm³/mol. The van der Waals surface area contributed by atoms with E-state index in [1.807, 2.05) is 0 Å². The van der Waals surface area contributed by atoms with Crippen LogP contribution in [0.1, 0.15) is 0 Å². The van der Waals surface area contributed by atoms with Gasteiger partial charge in [-0.05, 0) is 24.3 Å². The topological polar surface area (TPSA) is 96.0 Å². The van der Waals surface area contributed by atoms with Gasteiger partial charge in [0.2, 0.25) is 5.39 Å². The first kappa shape index (κ1) is 12.3. The molecule has 2 aromatic carbocycles. The third-order valence-corrected chi connectivity index (χ3v) is 2.31. The van der Waals surface area contributed by atoms with Crippen molar-refractivity contribution < 1.29 is 4.92 Å². The average Bonchev–Trinajstić information content (AvgIpc) is 2.46. The Kier molecular flexibility index (Phi) is 3.54. The Labute approximate surface area is 108 Å². The third-order valence-electron chi connectivity index (χ3n) is 2.31. The summed E-state index contributed by atoms with van der Waals surface area (Å²) >= 11 is 0. The summed E-state index contributed by atoms with van der Waals surface area (Å²) in [6, 6.07) is 12.2. The van der Waals surface area contributed by atoms with Gasteiger partial charge in [-0.2, -0.15) is 10.2 Å². The molecule has 0 aliphatic rings. The second kappa shape index (κ2) is 5.46. The lowest BCUT2D eigenvalue weighted by Gasteiger charge is -1.93. The molecular formula is C12H8N5O2+. The van der Waals surface area contributed by atoms with Crippen molar-refractivity contribution in [2.45, 2.75) is 0 Å². The number of non-ortho nitro benzene ring substituents is 1. The van der Waals surface area contributed by atoms with E-state index < -0.39 is 4.92 Å². The maximum Gasteiger partial charge on any atom is 0.385 e. The van der Waals surface area contributed by atoms with Crippen molar-refractivity contribution in [3.8, 4) is 0 Å². The summed E-state index contributed by atoms with van der Waals surface area (Å²) in [6.07, 6.45) is 0. The molecule has 0 atom stereocenters. The van der Waals surface area contributed by atoms with E-state index in [1.54, 1.807) is 24.3 Å². The average molecular weight is 254 g/mol. The zero-order valence-electron chi connectivity index (χ0n) is 9.67. The van der Waals surface area contributed by atoms with Gasteiger partial charge in [0, 0.05) is 24.3 Å². The monoisotopic (exact) mass is 254 g/mol. The van der Waals surface area contributed by atoms with E-state index in [4.69, 9.17) is 5.39 Å². The highest BCUT2D eigenvalue weighted by atomic mass is 16.6. The van der Waals surface area contributed by atoms with E-state index in [2.05, 4.69) is 15.2 Å². The molecule has 0 unspecified atom stereocenters. The van der Waals surface area contributed by atoms with E-state index >= 15 is 0 Å². The summed E-state index contributed by atoms with van der Waals surface area (Å²) in [5.41, 5.74) is 1.54. The molecule has 0 aliphatic heterocycles. The molecule has 0 saturated carbocycles. The molecule has 0 spiro atoms. The standard InChI is InChI=1S/C12H8N5O2/c13-14-9-1-3-10(4-2-9)15-16-11-5-7-12(8-6-11)17(18)19/h1-8H/q+1. The van der Waals surface area contributed by atoms with E-state index in [1.165, 1.54) is 24.3 Å². The molecule has 0 heterocycles. The number of nitrogens with zero attached hydrogens (tertiary/aromatic N) is 5. The van der Waals surface area contributed by atoms with Crippen LogP contribution in [-0.2, 0) is 0 Å². The summed E-state index contributed by atoms with van der Waals surface area (Å²) < 4.78 is 0. The normalized spacial score (nSPS) is 10.3. The lowest BCUT2D eigenvalue weighted by atomic mass is 10.3. The number of diazo groups is 1. The van der Waals surface area contributed by atoms with Gasteiger partial charge < -0.3 is 0 Å². The minimum absolute atomic E-state index is 0.00728. The Balaban J connectivity index is 2.13. The van der Waals surface area contributed by atoms with Crippen molar-refractivity contribution in [2.75, 3.05) is 0 Å². The zero-order chi connectivity index (χ0) is 13.7. The number of nitro groups is 1. The van der Waals surface area contributed by atoms with Gasteiger partial charge in [0.15, 0.2) is 4.98 Å². The number of rotatable bonds is 3. The maximum atomic E-state index is 10.5. The Morgan fingerprint density at radius 1 is 0.947 bits per heavy atom. The fourth-order valence-electron chi connectivity index (χ4n) is 1.34. The van der Waals surface area contributed by atoms with Gasteiger partial charge >= 0.3 is 5.69 Å². The van der Waals surface area contributed by atoms with E-state index in [9.17, 15) is 10.1 Å². The van der Waals surface area contributed by atoms with E-state index in [0.29, 0.717) is 17.1 Å². The first-order valence-electron chi connectivity index (χ1n) is 5.30. The van der Waals surface area contributed by atoms with Gasteiger partial charge in [0.1, 0.15) is 0 Å². The highest BCUT2D eigenvalue weighted by Crippen LogP contribution is 2.22. The second-order valence-corrected chi connectivity index (χ2v) is 3.59. The number of hydrogen-bond donors (Lipinski definition) is 0. The Morgan fingerprint density at radius 3 is 1.84 bits per heavy atom. The molecular weight excluding hydrogens is 246 g/mol. The molecule has 92 valence electrons. The molecule has 0 radical (unpaired) electrons. The first-order valence-corrected chi connectivity index (χ1v) is 5.30. The SMILES string of the molecule is N#[N+]c1ccc(N=Nc2ccc([N+](=O)[O-])cc2)cc1. The predicted octanol–water partition coefficient (Wildman–Crippen LogP) is 4.49. The lowest BCUT2D eigenvalue weighted by molar-refractivity contribution is -0.384. The Hall–Kier alpha value is -3.14. The van der Waals surface area contributed by atoms with Crippen LogP contribution in [0.5, 0.6) is 0 Å². The van der Waals surface area contributed by atoms with Crippen LogP contribution in [0, 0.1) is 15.5 Å². The smallest absolute Gasteiger partial charge is 0.258 e.